The maximum Gasteiger partial charge on any atom is 0.335 e. The van der Waals surface area contributed by atoms with Crippen LogP contribution in [0.25, 0.3) is 10.9 Å². The third-order valence-corrected chi connectivity index (χ3v) is 4.88. The summed E-state index contributed by atoms with van der Waals surface area (Å²) in [6.07, 6.45) is 1.11. The van der Waals surface area contributed by atoms with Gasteiger partial charge in [-0.3, -0.25) is 4.79 Å². The highest BCUT2D eigenvalue weighted by atomic mass is 16.4. The molecule has 0 aliphatic heterocycles. The smallest absolute Gasteiger partial charge is 0.335 e. The average Bonchev–Trinajstić information content (AvgIpc) is 2.75. The first kappa shape index (κ1) is 19.2. The number of carboxylic acid groups (broad SMARTS) is 1. The van der Waals surface area contributed by atoms with Gasteiger partial charge in [-0.05, 0) is 52.9 Å². The van der Waals surface area contributed by atoms with Gasteiger partial charge in [-0.1, -0.05) is 54.3 Å². The zero-order valence-electron chi connectivity index (χ0n) is 16.2. The molecule has 0 fully saturated rings. The van der Waals surface area contributed by atoms with Crippen molar-refractivity contribution in [3.05, 3.63) is 117 Å². The van der Waals surface area contributed by atoms with Crippen LogP contribution < -0.4 is 5.56 Å². The molecule has 2 N–H and O–H groups in total. The minimum atomic E-state index is -0.967. The standard InChI is InChI=1S/C26H19NO3/c28-25-23(16-20-9-12-21(13-10-20)26(29)30)17-22-15-19(11-14-24(22)27-25)8-4-7-18-5-2-1-3-6-18/h1-3,5-6,9-15,17H,7,16H2,(H,27,28)(H,29,30). The van der Waals surface area contributed by atoms with E-state index in [-0.39, 0.29) is 11.1 Å². The fourth-order valence-electron chi connectivity index (χ4n) is 3.29. The maximum atomic E-state index is 12.4. The lowest BCUT2D eigenvalue weighted by Crippen LogP contribution is -2.12. The summed E-state index contributed by atoms with van der Waals surface area (Å²) >= 11 is 0. The zero-order valence-corrected chi connectivity index (χ0v) is 16.2. The van der Waals surface area contributed by atoms with Gasteiger partial charge in [0.2, 0.25) is 0 Å². The van der Waals surface area contributed by atoms with E-state index < -0.39 is 5.97 Å². The van der Waals surface area contributed by atoms with Gasteiger partial charge >= 0.3 is 5.97 Å². The number of carboxylic acids is 1. The van der Waals surface area contributed by atoms with E-state index in [1.165, 1.54) is 5.56 Å². The third kappa shape index (κ3) is 4.48. The number of benzene rings is 3. The second-order valence-electron chi connectivity index (χ2n) is 7.07. The van der Waals surface area contributed by atoms with Gasteiger partial charge in [-0.15, -0.1) is 0 Å². The van der Waals surface area contributed by atoms with E-state index in [2.05, 4.69) is 29.0 Å². The Morgan fingerprint density at radius 1 is 0.900 bits per heavy atom. The number of aromatic carboxylic acids is 1. The second-order valence-corrected chi connectivity index (χ2v) is 7.07. The van der Waals surface area contributed by atoms with Crippen molar-refractivity contribution in [3.8, 4) is 11.8 Å². The van der Waals surface area contributed by atoms with Crippen molar-refractivity contribution < 1.29 is 9.90 Å². The molecule has 0 unspecified atom stereocenters. The van der Waals surface area contributed by atoms with Crippen molar-refractivity contribution in [2.45, 2.75) is 12.8 Å². The number of nitrogens with one attached hydrogen (secondary N) is 1. The minimum absolute atomic E-state index is 0.146. The summed E-state index contributed by atoms with van der Waals surface area (Å²) < 4.78 is 0. The summed E-state index contributed by atoms with van der Waals surface area (Å²) in [7, 11) is 0. The number of pyridine rings is 1. The van der Waals surface area contributed by atoms with Crippen LogP contribution in [0.4, 0.5) is 0 Å². The lowest BCUT2D eigenvalue weighted by atomic mass is 10.0. The first-order valence-electron chi connectivity index (χ1n) is 9.59. The summed E-state index contributed by atoms with van der Waals surface area (Å²) in [5, 5.41) is 9.93. The molecule has 0 saturated carbocycles. The monoisotopic (exact) mass is 393 g/mol. The summed E-state index contributed by atoms with van der Waals surface area (Å²) in [4.78, 5) is 26.4. The molecule has 0 bridgehead atoms. The SMILES string of the molecule is O=C(O)c1ccc(Cc2cc3cc(C#CCc4ccccc4)ccc3[nH]c2=O)cc1. The van der Waals surface area contributed by atoms with E-state index >= 15 is 0 Å². The average molecular weight is 393 g/mol. The van der Waals surface area contributed by atoms with Crippen LogP contribution in [0.1, 0.15) is 32.6 Å². The highest BCUT2D eigenvalue weighted by molar-refractivity contribution is 5.87. The summed E-state index contributed by atoms with van der Waals surface area (Å²) in [6.45, 7) is 0. The topological polar surface area (TPSA) is 70.2 Å². The molecule has 4 heteroatoms. The largest absolute Gasteiger partial charge is 0.478 e. The molecular weight excluding hydrogens is 374 g/mol. The van der Waals surface area contributed by atoms with Gasteiger partial charge in [0.05, 0.1) is 5.56 Å². The zero-order chi connectivity index (χ0) is 20.9. The molecule has 146 valence electrons. The van der Waals surface area contributed by atoms with E-state index in [1.807, 2.05) is 42.5 Å². The van der Waals surface area contributed by atoms with Crippen molar-refractivity contribution >= 4 is 16.9 Å². The van der Waals surface area contributed by atoms with E-state index in [9.17, 15) is 9.59 Å². The highest BCUT2D eigenvalue weighted by Gasteiger charge is 2.07. The number of rotatable bonds is 4. The number of fused-ring (bicyclic) bond motifs is 1. The molecular formula is C26H19NO3. The number of hydrogen-bond donors (Lipinski definition) is 2. The van der Waals surface area contributed by atoms with Gasteiger partial charge in [-0.25, -0.2) is 4.79 Å². The van der Waals surface area contributed by atoms with Crippen LogP contribution in [0.5, 0.6) is 0 Å². The lowest BCUT2D eigenvalue weighted by Gasteiger charge is -2.05. The van der Waals surface area contributed by atoms with Crippen LogP contribution >= 0.6 is 0 Å². The fourth-order valence-corrected chi connectivity index (χ4v) is 3.29. The normalized spacial score (nSPS) is 10.4. The molecule has 0 atom stereocenters. The molecule has 1 heterocycles. The molecule has 3 aromatic carbocycles. The molecule has 0 radical (unpaired) electrons. The van der Waals surface area contributed by atoms with Gasteiger partial charge in [-0.2, -0.15) is 0 Å². The van der Waals surface area contributed by atoms with Gasteiger partial charge < -0.3 is 10.1 Å². The predicted molar refractivity (Wildman–Crippen MR) is 118 cm³/mol. The van der Waals surface area contributed by atoms with Crippen LogP contribution in [0.15, 0.2) is 83.7 Å². The molecule has 0 aliphatic rings. The number of H-pyrrole nitrogens is 1. The lowest BCUT2D eigenvalue weighted by molar-refractivity contribution is 0.0697. The van der Waals surface area contributed by atoms with Crippen molar-refractivity contribution in [2.75, 3.05) is 0 Å². The molecule has 0 spiro atoms. The Balaban J connectivity index is 1.58. The number of carbonyl (C=O) groups is 1. The fraction of sp³-hybridized carbons (Fsp3) is 0.0769. The predicted octanol–water partition coefficient (Wildman–Crippen LogP) is 4.41. The summed E-state index contributed by atoms with van der Waals surface area (Å²) in [6, 6.07) is 24.3. The van der Waals surface area contributed by atoms with E-state index in [1.54, 1.807) is 24.3 Å². The molecule has 0 amide bonds. The van der Waals surface area contributed by atoms with Crippen molar-refractivity contribution in [3.63, 3.8) is 0 Å². The Labute approximate surface area is 173 Å². The van der Waals surface area contributed by atoms with Crippen LogP contribution in [0.2, 0.25) is 0 Å². The molecule has 30 heavy (non-hydrogen) atoms. The number of hydrogen-bond acceptors (Lipinski definition) is 2. The Hall–Kier alpha value is -4.10. The molecule has 1 aromatic heterocycles. The van der Waals surface area contributed by atoms with E-state index in [4.69, 9.17) is 5.11 Å². The Bertz CT molecular complexity index is 1320. The first-order valence-corrected chi connectivity index (χ1v) is 9.59. The van der Waals surface area contributed by atoms with Crippen molar-refractivity contribution in [2.24, 2.45) is 0 Å². The summed E-state index contributed by atoms with van der Waals surface area (Å²) in [5.41, 5.74) is 4.41. The highest BCUT2D eigenvalue weighted by Crippen LogP contribution is 2.16. The first-order chi connectivity index (χ1) is 14.6. The Morgan fingerprint density at radius 3 is 2.40 bits per heavy atom. The van der Waals surface area contributed by atoms with Gasteiger partial charge in [0.1, 0.15) is 0 Å². The van der Waals surface area contributed by atoms with Crippen LogP contribution in [0.3, 0.4) is 0 Å². The summed E-state index contributed by atoms with van der Waals surface area (Å²) in [5.74, 6) is 5.41. The number of aromatic nitrogens is 1. The third-order valence-electron chi connectivity index (χ3n) is 4.88. The van der Waals surface area contributed by atoms with Crippen molar-refractivity contribution in [1.82, 2.24) is 4.98 Å². The van der Waals surface area contributed by atoms with Crippen LogP contribution in [0, 0.1) is 11.8 Å². The molecule has 0 saturated heterocycles. The van der Waals surface area contributed by atoms with E-state index in [0.717, 1.165) is 22.0 Å². The van der Waals surface area contributed by atoms with E-state index in [0.29, 0.717) is 18.4 Å². The van der Waals surface area contributed by atoms with Gasteiger partial charge in [0, 0.05) is 29.5 Å². The van der Waals surface area contributed by atoms with Crippen LogP contribution in [-0.2, 0) is 12.8 Å². The molecule has 4 aromatic rings. The van der Waals surface area contributed by atoms with Gasteiger partial charge in [0.25, 0.3) is 5.56 Å². The maximum absolute atomic E-state index is 12.4. The Morgan fingerprint density at radius 2 is 1.67 bits per heavy atom. The van der Waals surface area contributed by atoms with Crippen molar-refractivity contribution in [1.29, 1.82) is 0 Å². The minimum Gasteiger partial charge on any atom is -0.478 e. The molecule has 0 aliphatic carbocycles. The number of aromatic amines is 1. The van der Waals surface area contributed by atoms with Gasteiger partial charge in [0.15, 0.2) is 0 Å². The second kappa shape index (κ2) is 8.50. The van der Waals surface area contributed by atoms with Crippen LogP contribution in [-0.4, -0.2) is 16.1 Å². The molecule has 4 rings (SSSR count). The molecule has 4 nitrogen and oxygen atoms in total. The quantitative estimate of drug-likeness (QED) is 0.505. The Kier molecular flexibility index (Phi) is 5.45.